The molecule has 0 amide bonds. The summed E-state index contributed by atoms with van der Waals surface area (Å²) < 4.78 is 3.83. The molecule has 0 unspecified atom stereocenters. The Morgan fingerprint density at radius 1 is 1.75 bits per heavy atom. The van der Waals surface area contributed by atoms with Crippen LogP contribution in [0.5, 0.6) is 0 Å². The van der Waals surface area contributed by atoms with Crippen molar-refractivity contribution in [3.63, 3.8) is 0 Å². The molecule has 0 aliphatic rings. The van der Waals surface area contributed by atoms with Crippen molar-refractivity contribution in [2.24, 2.45) is 0 Å². The van der Waals surface area contributed by atoms with E-state index < -0.39 is 0 Å². The molecule has 0 saturated heterocycles. The van der Waals surface area contributed by atoms with Crippen LogP contribution in [0.25, 0.3) is 0 Å². The van der Waals surface area contributed by atoms with Crippen molar-refractivity contribution < 1.29 is 4.18 Å². The maximum Gasteiger partial charge on any atom is 0.0922 e. The van der Waals surface area contributed by atoms with Crippen LogP contribution in [0, 0.1) is 0 Å². The first-order valence-corrected chi connectivity index (χ1v) is 0.908. The Labute approximate surface area is 36.0 Å². The molecule has 27 valence electrons. The van der Waals surface area contributed by atoms with Crippen molar-refractivity contribution in [3.05, 3.63) is 0 Å². The van der Waals surface area contributed by atoms with Gasteiger partial charge in [-0.1, -0.05) is 0 Å². The van der Waals surface area contributed by atoms with Gasteiger partial charge in [-0.2, -0.15) is 0 Å². The fourth-order valence-electron chi connectivity index (χ4n) is 0. The lowest BCUT2D eigenvalue weighted by molar-refractivity contribution is 0.500. The highest BCUT2D eigenvalue weighted by Gasteiger charge is 1.31. The van der Waals surface area contributed by atoms with Gasteiger partial charge in [-0.3, -0.25) is 0 Å². The zero-order valence-corrected chi connectivity index (χ0v) is 2.63. The van der Waals surface area contributed by atoms with E-state index in [1.165, 1.54) is 7.11 Å². The molecule has 0 aromatic carbocycles. The van der Waals surface area contributed by atoms with Gasteiger partial charge >= 0.3 is 0 Å². The molecule has 3 heteroatoms. The van der Waals surface area contributed by atoms with Gasteiger partial charge in [0.2, 0.25) is 0 Å². The second-order valence-corrected chi connectivity index (χ2v) is 0.500. The molecule has 0 N–H and O–H groups in total. The molecule has 1 nitrogen and oxygen atoms in total. The van der Waals surface area contributed by atoms with Gasteiger partial charge in [0, 0.05) is 0 Å². The van der Waals surface area contributed by atoms with Crippen LogP contribution in [0.4, 0.5) is 0 Å². The summed E-state index contributed by atoms with van der Waals surface area (Å²) in [6.07, 6.45) is 0. The summed E-state index contributed by atoms with van der Waals surface area (Å²) in [5, 5.41) is 0. The Hall–Kier alpha value is 0.527. The van der Waals surface area contributed by atoms with Gasteiger partial charge in [0.05, 0.1) is 20.0 Å². The summed E-state index contributed by atoms with van der Waals surface area (Å²) in [5.74, 6) is 0. The Morgan fingerprint density at radius 3 is 1.75 bits per heavy atom. The fourth-order valence-corrected chi connectivity index (χ4v) is 0. The Morgan fingerprint density at radius 2 is 1.75 bits per heavy atom. The Bertz CT molecular complexity index is 8.00. The lowest BCUT2D eigenvalue weighted by Gasteiger charge is -1.54. The summed E-state index contributed by atoms with van der Waals surface area (Å²) in [4.78, 5) is 0. The van der Waals surface area contributed by atoms with Crippen LogP contribution < -0.4 is 0 Å². The van der Waals surface area contributed by atoms with Crippen LogP contribution in [0.3, 0.4) is 0 Å². The molecule has 0 aromatic rings. The van der Waals surface area contributed by atoms with Crippen molar-refractivity contribution in [1.82, 2.24) is 0 Å². The van der Waals surface area contributed by atoms with Crippen LogP contribution in [0.15, 0.2) is 0 Å². The number of rotatable bonds is 0. The van der Waals surface area contributed by atoms with Crippen molar-refractivity contribution in [2.75, 3.05) is 7.11 Å². The molecular formula is CH7OSSi. The smallest absolute Gasteiger partial charge is 0.0922 e. The topological polar surface area (TPSA) is 9.23 Å². The minimum atomic E-state index is 0. The summed E-state index contributed by atoms with van der Waals surface area (Å²) >= 11 is 3.89. The quantitative estimate of drug-likeness (QED) is 0.361. The highest BCUT2D eigenvalue weighted by molar-refractivity contribution is 7.75. The van der Waals surface area contributed by atoms with Gasteiger partial charge in [-0.05, 0) is 11.0 Å². The first-order valence-electron chi connectivity index (χ1n) is 0.575. The molecule has 0 bridgehead atoms. The van der Waals surface area contributed by atoms with E-state index in [-0.39, 0.29) is 11.0 Å². The van der Waals surface area contributed by atoms with Crippen molar-refractivity contribution in [1.29, 1.82) is 0 Å². The highest BCUT2D eigenvalue weighted by Crippen LogP contribution is 1.57. The normalized spacial score (nSPS) is 4.50. The van der Waals surface area contributed by atoms with Crippen molar-refractivity contribution in [2.45, 2.75) is 0 Å². The van der Waals surface area contributed by atoms with Crippen molar-refractivity contribution in [3.8, 4) is 0 Å². The van der Waals surface area contributed by atoms with E-state index in [2.05, 4.69) is 17.1 Å². The van der Waals surface area contributed by atoms with Gasteiger partial charge in [0.15, 0.2) is 0 Å². The van der Waals surface area contributed by atoms with Crippen LogP contribution in [0.2, 0.25) is 0 Å². The number of hydrogen-bond donors (Lipinski definition) is 0. The highest BCUT2D eigenvalue weighted by atomic mass is 32.1. The molecular weight excluding hydrogens is 88.2 g/mol. The Kier molecular flexibility index (Phi) is 21.3. The first kappa shape index (κ1) is 8.82. The summed E-state index contributed by atoms with van der Waals surface area (Å²) in [6, 6.07) is 0. The maximum absolute atomic E-state index is 3.89. The number of hydrogen-bond acceptors (Lipinski definition) is 1. The third-order valence-electron chi connectivity index (χ3n) is 0. The lowest BCUT2D eigenvalue weighted by Crippen LogP contribution is -1.40. The van der Waals surface area contributed by atoms with E-state index in [4.69, 9.17) is 0 Å². The summed E-state index contributed by atoms with van der Waals surface area (Å²) in [7, 11) is 1.44. The molecule has 1 radical (unpaired) electrons. The monoisotopic (exact) mass is 95.0 g/mol. The van der Waals surface area contributed by atoms with E-state index in [0.717, 1.165) is 0 Å². The molecule has 0 rings (SSSR count). The minimum Gasteiger partial charge on any atom is -0.307 e. The van der Waals surface area contributed by atoms with Crippen LogP contribution in [-0.2, 0) is 4.18 Å². The summed E-state index contributed by atoms with van der Waals surface area (Å²) in [5.41, 5.74) is 0. The van der Waals surface area contributed by atoms with E-state index in [1.807, 2.05) is 0 Å². The van der Waals surface area contributed by atoms with E-state index in [0.29, 0.717) is 0 Å². The molecule has 0 spiro atoms. The van der Waals surface area contributed by atoms with Gasteiger partial charge in [-0.25, -0.2) is 0 Å². The van der Waals surface area contributed by atoms with Gasteiger partial charge in [0.1, 0.15) is 0 Å². The fraction of sp³-hybridized carbons (Fsp3) is 1.00. The van der Waals surface area contributed by atoms with Gasteiger partial charge < -0.3 is 4.18 Å². The molecule has 0 fully saturated rings. The van der Waals surface area contributed by atoms with Gasteiger partial charge in [-0.15, -0.1) is 0 Å². The first-order chi connectivity index (χ1) is 1.41. The molecule has 0 heterocycles. The minimum absolute atomic E-state index is 0. The second-order valence-electron chi connectivity index (χ2n) is 0.167. The second kappa shape index (κ2) is 9.66. The van der Waals surface area contributed by atoms with Crippen molar-refractivity contribution >= 4 is 23.9 Å². The average molecular weight is 95.2 g/mol. The maximum atomic E-state index is 3.89. The molecule has 0 atom stereocenters. The van der Waals surface area contributed by atoms with Crippen LogP contribution in [0.1, 0.15) is 0 Å². The standard InChI is InChI=1S/CH3OS.H4Si/c1-2-3;/h1H3;1H4. The van der Waals surface area contributed by atoms with E-state index in [1.54, 1.807) is 0 Å². The molecule has 0 saturated carbocycles. The molecule has 0 aromatic heterocycles. The van der Waals surface area contributed by atoms with Gasteiger partial charge in [0.25, 0.3) is 0 Å². The predicted molar refractivity (Wildman–Crippen MR) is 25.9 cm³/mol. The molecule has 4 heavy (non-hydrogen) atoms. The Balaban J connectivity index is 0. The molecule has 0 aliphatic heterocycles. The average Bonchev–Trinajstić information content (AvgIpc) is 0.918. The zero-order chi connectivity index (χ0) is 2.71. The lowest BCUT2D eigenvalue weighted by atomic mass is 11.8. The molecule has 0 aliphatic carbocycles. The zero-order valence-electron chi connectivity index (χ0n) is 1.82. The third-order valence-corrected chi connectivity index (χ3v) is 0. The summed E-state index contributed by atoms with van der Waals surface area (Å²) in [6.45, 7) is 0. The van der Waals surface area contributed by atoms with E-state index in [9.17, 15) is 0 Å². The van der Waals surface area contributed by atoms with Crippen LogP contribution >= 0.6 is 12.9 Å². The SMILES string of the molecule is CO[S].[SiH4]. The van der Waals surface area contributed by atoms with E-state index >= 15 is 0 Å². The largest absolute Gasteiger partial charge is 0.307 e. The third kappa shape index (κ3) is 21.2. The van der Waals surface area contributed by atoms with Crippen LogP contribution in [-0.4, -0.2) is 18.1 Å². The predicted octanol–water partition coefficient (Wildman–Crippen LogP) is -0.706.